The van der Waals surface area contributed by atoms with Crippen LogP contribution in [0.4, 0.5) is 17.6 Å². The number of hydrogen-bond acceptors (Lipinski definition) is 2. The van der Waals surface area contributed by atoms with Gasteiger partial charge in [-0.25, -0.2) is 4.39 Å². The highest BCUT2D eigenvalue weighted by molar-refractivity contribution is 5.73. The van der Waals surface area contributed by atoms with Crippen LogP contribution in [-0.2, 0) is 22.1 Å². The summed E-state index contributed by atoms with van der Waals surface area (Å²) in [5.74, 6) is -2.35. The molecule has 1 aromatic rings. The third-order valence-corrected chi connectivity index (χ3v) is 2.71. The van der Waals surface area contributed by atoms with Gasteiger partial charge in [0.15, 0.2) is 0 Å². The molecule has 0 aromatic heterocycles. The zero-order valence-electron chi connectivity index (χ0n) is 10.8. The summed E-state index contributed by atoms with van der Waals surface area (Å²) in [6.07, 6.45) is -5.45. The Hall–Kier alpha value is -1.59. The fourth-order valence-electron chi connectivity index (χ4n) is 1.70. The lowest BCUT2D eigenvalue weighted by atomic mass is 9.95. The van der Waals surface area contributed by atoms with E-state index >= 15 is 0 Å². The fraction of sp³-hybridized carbons (Fsp3) is 0.462. The highest BCUT2D eigenvalue weighted by atomic mass is 19.4. The third kappa shape index (κ3) is 3.68. The molecule has 1 aromatic carbocycles. The van der Waals surface area contributed by atoms with E-state index in [2.05, 4.69) is 4.74 Å². The Kier molecular flexibility index (Phi) is 4.55. The van der Waals surface area contributed by atoms with Gasteiger partial charge in [0.2, 0.25) is 0 Å². The molecule has 0 aliphatic carbocycles. The molecule has 106 valence electrons. The van der Waals surface area contributed by atoms with Gasteiger partial charge in [0.25, 0.3) is 0 Å². The molecule has 1 rings (SSSR count). The molecular formula is C13H14F4O2. The van der Waals surface area contributed by atoms with E-state index in [1.54, 1.807) is 13.8 Å². The second-order valence-corrected chi connectivity index (χ2v) is 4.44. The van der Waals surface area contributed by atoms with E-state index < -0.39 is 35.5 Å². The number of carbonyl (C=O) groups is 1. The topological polar surface area (TPSA) is 26.3 Å². The summed E-state index contributed by atoms with van der Waals surface area (Å²) in [4.78, 5) is 11.1. The number of halogens is 4. The molecule has 0 aliphatic heterocycles. The number of benzene rings is 1. The first-order chi connectivity index (χ1) is 8.66. The number of esters is 1. The van der Waals surface area contributed by atoms with Crippen LogP contribution in [0.15, 0.2) is 12.1 Å². The zero-order valence-corrected chi connectivity index (χ0v) is 10.8. The average molecular weight is 278 g/mol. The van der Waals surface area contributed by atoms with Gasteiger partial charge >= 0.3 is 12.1 Å². The molecule has 0 N–H and O–H groups in total. The molecule has 19 heavy (non-hydrogen) atoms. The van der Waals surface area contributed by atoms with Crippen LogP contribution in [-0.4, -0.2) is 13.1 Å². The molecule has 0 saturated heterocycles. The quantitative estimate of drug-likeness (QED) is 0.622. The van der Waals surface area contributed by atoms with Crippen molar-refractivity contribution < 1.29 is 27.1 Å². The predicted molar refractivity (Wildman–Crippen MR) is 61.2 cm³/mol. The van der Waals surface area contributed by atoms with Gasteiger partial charge in [0, 0.05) is 0 Å². The highest BCUT2D eigenvalue weighted by Crippen LogP contribution is 2.36. The lowest BCUT2D eigenvalue weighted by Crippen LogP contribution is -2.16. The Morgan fingerprint density at radius 2 is 1.89 bits per heavy atom. The van der Waals surface area contributed by atoms with Crippen molar-refractivity contribution in [3.8, 4) is 0 Å². The van der Waals surface area contributed by atoms with E-state index in [1.807, 2.05) is 0 Å². The number of rotatable bonds is 3. The maximum Gasteiger partial charge on any atom is 0.419 e. The van der Waals surface area contributed by atoms with Crippen molar-refractivity contribution in [2.24, 2.45) is 0 Å². The van der Waals surface area contributed by atoms with Crippen LogP contribution in [0.25, 0.3) is 0 Å². The van der Waals surface area contributed by atoms with Gasteiger partial charge < -0.3 is 4.74 Å². The van der Waals surface area contributed by atoms with Gasteiger partial charge in [-0.2, -0.15) is 13.2 Å². The van der Waals surface area contributed by atoms with Gasteiger partial charge in [-0.1, -0.05) is 19.9 Å². The first kappa shape index (κ1) is 15.5. The van der Waals surface area contributed by atoms with E-state index in [4.69, 9.17) is 0 Å². The van der Waals surface area contributed by atoms with Gasteiger partial charge in [-0.05, 0) is 23.1 Å². The van der Waals surface area contributed by atoms with Crippen molar-refractivity contribution in [1.82, 2.24) is 0 Å². The molecule has 0 amide bonds. The smallest absolute Gasteiger partial charge is 0.419 e. The van der Waals surface area contributed by atoms with Crippen LogP contribution in [0.3, 0.4) is 0 Å². The van der Waals surface area contributed by atoms with Crippen molar-refractivity contribution >= 4 is 5.97 Å². The first-order valence-electron chi connectivity index (χ1n) is 5.63. The molecule has 0 saturated carbocycles. The van der Waals surface area contributed by atoms with Crippen molar-refractivity contribution in [1.29, 1.82) is 0 Å². The standard InChI is InChI=1S/C13H14F4O2/c1-7(2)8-4-9(6-11(18)19-3)12(10(14)5-8)13(15,16)17/h4-5,7H,6H2,1-3H3. The summed E-state index contributed by atoms with van der Waals surface area (Å²) in [5.41, 5.74) is -1.39. The van der Waals surface area contributed by atoms with Gasteiger partial charge in [0.1, 0.15) is 5.82 Å². The summed E-state index contributed by atoms with van der Waals surface area (Å²) in [7, 11) is 1.07. The lowest BCUT2D eigenvalue weighted by Gasteiger charge is -2.16. The SMILES string of the molecule is COC(=O)Cc1cc(C(C)C)cc(F)c1C(F)(F)F. The number of alkyl halides is 3. The Morgan fingerprint density at radius 1 is 1.32 bits per heavy atom. The normalized spacial score (nSPS) is 11.8. The first-order valence-corrected chi connectivity index (χ1v) is 5.63. The molecule has 0 spiro atoms. The number of ether oxygens (including phenoxy) is 1. The summed E-state index contributed by atoms with van der Waals surface area (Å²) < 4.78 is 56.4. The summed E-state index contributed by atoms with van der Waals surface area (Å²) >= 11 is 0. The van der Waals surface area contributed by atoms with Crippen LogP contribution >= 0.6 is 0 Å². The van der Waals surface area contributed by atoms with Crippen LogP contribution in [0.1, 0.15) is 36.5 Å². The second kappa shape index (κ2) is 5.59. The van der Waals surface area contributed by atoms with Gasteiger partial charge in [-0.3, -0.25) is 4.79 Å². The number of carbonyl (C=O) groups excluding carboxylic acids is 1. The van der Waals surface area contributed by atoms with Crippen LogP contribution in [0, 0.1) is 5.82 Å². The Labute approximate surface area is 108 Å². The summed E-state index contributed by atoms with van der Waals surface area (Å²) in [6, 6.07) is 2.06. The van der Waals surface area contributed by atoms with Gasteiger partial charge in [-0.15, -0.1) is 0 Å². The molecular weight excluding hydrogens is 264 g/mol. The molecule has 0 unspecified atom stereocenters. The van der Waals surface area contributed by atoms with Gasteiger partial charge in [0.05, 0.1) is 19.1 Å². The van der Waals surface area contributed by atoms with Crippen molar-refractivity contribution in [2.45, 2.75) is 32.4 Å². The minimum Gasteiger partial charge on any atom is -0.469 e. The number of hydrogen-bond donors (Lipinski definition) is 0. The molecule has 0 radical (unpaired) electrons. The van der Waals surface area contributed by atoms with Crippen LogP contribution < -0.4 is 0 Å². The lowest BCUT2D eigenvalue weighted by molar-refractivity contribution is -0.142. The fourth-order valence-corrected chi connectivity index (χ4v) is 1.70. The number of methoxy groups -OCH3 is 1. The summed E-state index contributed by atoms with van der Waals surface area (Å²) in [5, 5.41) is 0. The van der Waals surface area contributed by atoms with Crippen LogP contribution in [0.5, 0.6) is 0 Å². The van der Waals surface area contributed by atoms with E-state index in [1.165, 1.54) is 6.07 Å². The predicted octanol–water partition coefficient (Wildman–Crippen LogP) is 3.68. The molecule has 0 atom stereocenters. The minimum atomic E-state index is -4.84. The summed E-state index contributed by atoms with van der Waals surface area (Å²) in [6.45, 7) is 3.45. The Balaban J connectivity index is 3.40. The second-order valence-electron chi connectivity index (χ2n) is 4.44. The largest absolute Gasteiger partial charge is 0.469 e. The Morgan fingerprint density at radius 3 is 2.32 bits per heavy atom. The third-order valence-electron chi connectivity index (χ3n) is 2.71. The maximum absolute atomic E-state index is 13.6. The minimum absolute atomic E-state index is 0.145. The van der Waals surface area contributed by atoms with Crippen molar-refractivity contribution in [3.63, 3.8) is 0 Å². The van der Waals surface area contributed by atoms with Crippen LogP contribution in [0.2, 0.25) is 0 Å². The average Bonchev–Trinajstić information content (AvgIpc) is 2.25. The van der Waals surface area contributed by atoms with E-state index in [9.17, 15) is 22.4 Å². The molecule has 0 bridgehead atoms. The Bertz CT molecular complexity index is 478. The molecule has 6 heteroatoms. The van der Waals surface area contributed by atoms with E-state index in [0.717, 1.165) is 13.2 Å². The highest BCUT2D eigenvalue weighted by Gasteiger charge is 2.37. The molecule has 0 fully saturated rings. The molecule has 0 heterocycles. The monoisotopic (exact) mass is 278 g/mol. The van der Waals surface area contributed by atoms with E-state index in [-0.39, 0.29) is 5.92 Å². The van der Waals surface area contributed by atoms with Crippen molar-refractivity contribution in [2.75, 3.05) is 7.11 Å². The maximum atomic E-state index is 13.6. The zero-order chi connectivity index (χ0) is 14.8. The molecule has 0 aliphatic rings. The molecule has 2 nitrogen and oxygen atoms in total. The van der Waals surface area contributed by atoms with Crippen molar-refractivity contribution in [3.05, 3.63) is 34.6 Å². The van der Waals surface area contributed by atoms with E-state index in [0.29, 0.717) is 5.56 Å².